The van der Waals surface area contributed by atoms with E-state index in [2.05, 4.69) is 41.1 Å². The Labute approximate surface area is 215 Å². The van der Waals surface area contributed by atoms with Crippen molar-refractivity contribution in [3.05, 3.63) is 70.9 Å². The van der Waals surface area contributed by atoms with E-state index in [9.17, 15) is 4.79 Å². The van der Waals surface area contributed by atoms with Crippen LogP contribution in [0.5, 0.6) is 0 Å². The Hall–Kier alpha value is -2.10. The first kappa shape index (κ1) is 24.6. The summed E-state index contributed by atoms with van der Waals surface area (Å²) in [6.07, 6.45) is 14.5. The first-order valence-corrected chi connectivity index (χ1v) is 14.0. The third kappa shape index (κ3) is 6.01. The maximum absolute atomic E-state index is 13.4. The Morgan fingerprint density at radius 3 is 2.49 bits per heavy atom. The van der Waals surface area contributed by atoms with Crippen LogP contribution in [-0.2, 0) is 11.3 Å². The molecule has 1 unspecified atom stereocenters. The number of benzene rings is 2. The molecule has 1 atom stereocenters. The van der Waals surface area contributed by atoms with E-state index < -0.39 is 0 Å². The van der Waals surface area contributed by atoms with E-state index in [1.54, 1.807) is 0 Å². The zero-order chi connectivity index (χ0) is 24.2. The fourth-order valence-electron chi connectivity index (χ4n) is 6.51. The highest BCUT2D eigenvalue weighted by molar-refractivity contribution is 6.30. The second-order valence-corrected chi connectivity index (χ2v) is 11.5. The van der Waals surface area contributed by atoms with Gasteiger partial charge in [0.1, 0.15) is 5.78 Å². The topological polar surface area (TPSA) is 48.0 Å². The van der Waals surface area contributed by atoms with Crippen LogP contribution in [0.25, 0.3) is 10.9 Å². The molecule has 0 aliphatic heterocycles. The highest BCUT2D eigenvalue weighted by atomic mass is 35.5. The van der Waals surface area contributed by atoms with Gasteiger partial charge in [-0.15, -0.1) is 0 Å². The van der Waals surface area contributed by atoms with Gasteiger partial charge in [-0.3, -0.25) is 4.79 Å². The number of nitrogens with zero attached hydrogens (tertiary/aromatic N) is 1. The standard InChI is InChI=1S/C31H39ClN2O/c32-25-10-6-9-24(18-25)29(19-27(35)17-22-13-15-26(33)16-14-22)30-21-34(20-23-7-2-1-3-8-23)31-12-5-4-11-28(30)31/h4-6,9-12,18,21-23,26,29H,1-3,7-8,13-17,19-20,33H2. The van der Waals surface area contributed by atoms with Crippen LogP contribution in [0.1, 0.15) is 87.7 Å². The molecule has 2 fully saturated rings. The number of Topliss-reactive ketones (excluding diaryl/α,β-unsaturated/α-hetero) is 1. The number of aromatic nitrogens is 1. The van der Waals surface area contributed by atoms with Gasteiger partial charge in [-0.25, -0.2) is 0 Å². The summed E-state index contributed by atoms with van der Waals surface area (Å²) in [5.74, 6) is 1.61. The van der Waals surface area contributed by atoms with E-state index >= 15 is 0 Å². The van der Waals surface area contributed by atoms with Gasteiger partial charge in [0.2, 0.25) is 0 Å². The molecule has 2 N–H and O–H groups in total. The van der Waals surface area contributed by atoms with Crippen LogP contribution in [0, 0.1) is 11.8 Å². The Balaban J connectivity index is 1.45. The van der Waals surface area contributed by atoms with Crippen LogP contribution >= 0.6 is 11.6 Å². The van der Waals surface area contributed by atoms with Gasteiger partial charge in [-0.05, 0) is 79.7 Å². The largest absolute Gasteiger partial charge is 0.347 e. The summed E-state index contributed by atoms with van der Waals surface area (Å²) in [6.45, 7) is 1.07. The van der Waals surface area contributed by atoms with E-state index in [-0.39, 0.29) is 5.92 Å². The molecular weight excluding hydrogens is 452 g/mol. The lowest BCUT2D eigenvalue weighted by molar-refractivity contribution is -0.120. The Bertz CT molecular complexity index is 1140. The van der Waals surface area contributed by atoms with Crippen molar-refractivity contribution in [1.82, 2.24) is 4.57 Å². The number of hydrogen-bond donors (Lipinski definition) is 1. The van der Waals surface area contributed by atoms with Crippen molar-refractivity contribution >= 4 is 28.3 Å². The maximum atomic E-state index is 13.4. The molecule has 0 spiro atoms. The minimum atomic E-state index is 0.0181. The molecule has 0 radical (unpaired) electrons. The van der Waals surface area contributed by atoms with Crippen molar-refractivity contribution < 1.29 is 4.79 Å². The highest BCUT2D eigenvalue weighted by Crippen LogP contribution is 2.38. The molecule has 5 rings (SSSR count). The summed E-state index contributed by atoms with van der Waals surface area (Å²) in [6, 6.07) is 17.2. The summed E-state index contributed by atoms with van der Waals surface area (Å²) >= 11 is 6.43. The SMILES string of the molecule is NC1CCC(CC(=O)CC(c2cccc(Cl)c2)c2cn(CC3CCCCC3)c3ccccc23)CC1. The van der Waals surface area contributed by atoms with Gasteiger partial charge in [-0.2, -0.15) is 0 Å². The molecular formula is C31H39ClN2O. The molecule has 3 nitrogen and oxygen atoms in total. The van der Waals surface area contributed by atoms with Gasteiger partial charge in [0.05, 0.1) is 0 Å². The number of fused-ring (bicyclic) bond motifs is 1. The smallest absolute Gasteiger partial charge is 0.134 e. The van der Waals surface area contributed by atoms with Gasteiger partial charge in [0.15, 0.2) is 0 Å². The van der Waals surface area contributed by atoms with Crippen LogP contribution in [0.15, 0.2) is 54.7 Å². The van der Waals surface area contributed by atoms with Crippen LogP contribution < -0.4 is 5.73 Å². The van der Waals surface area contributed by atoms with E-state index in [1.807, 2.05) is 18.2 Å². The lowest BCUT2D eigenvalue weighted by Crippen LogP contribution is -2.27. The molecule has 2 saturated carbocycles. The van der Waals surface area contributed by atoms with Crippen LogP contribution in [0.2, 0.25) is 5.02 Å². The molecule has 2 aliphatic carbocycles. The first-order chi connectivity index (χ1) is 17.1. The molecule has 0 saturated heterocycles. The van der Waals surface area contributed by atoms with Crippen molar-refractivity contribution in [3.8, 4) is 0 Å². The second kappa shape index (κ2) is 11.3. The van der Waals surface area contributed by atoms with Crippen LogP contribution in [-0.4, -0.2) is 16.4 Å². The van der Waals surface area contributed by atoms with E-state index in [0.717, 1.165) is 48.7 Å². The van der Waals surface area contributed by atoms with E-state index in [1.165, 1.54) is 48.6 Å². The number of carbonyl (C=O) groups excluding carboxylic acids is 1. The summed E-state index contributed by atoms with van der Waals surface area (Å²) in [4.78, 5) is 13.4. The Morgan fingerprint density at radius 1 is 0.943 bits per heavy atom. The number of hydrogen-bond acceptors (Lipinski definition) is 2. The zero-order valence-corrected chi connectivity index (χ0v) is 21.6. The predicted octanol–water partition coefficient (Wildman–Crippen LogP) is 7.87. The Kier molecular flexibility index (Phi) is 7.94. The minimum absolute atomic E-state index is 0.0181. The average Bonchev–Trinajstić information content (AvgIpc) is 3.23. The molecule has 186 valence electrons. The monoisotopic (exact) mass is 490 g/mol. The summed E-state index contributed by atoms with van der Waals surface area (Å²) in [7, 11) is 0. The predicted molar refractivity (Wildman–Crippen MR) is 146 cm³/mol. The normalized spacial score (nSPS) is 22.3. The number of para-hydroxylation sites is 1. The molecule has 1 aromatic heterocycles. The number of nitrogens with two attached hydrogens (primary N) is 1. The molecule has 0 amide bonds. The fourth-order valence-corrected chi connectivity index (χ4v) is 6.71. The molecule has 2 aromatic carbocycles. The third-order valence-electron chi connectivity index (χ3n) is 8.47. The van der Waals surface area contributed by atoms with Crippen molar-refractivity contribution in [2.45, 2.75) is 89.1 Å². The van der Waals surface area contributed by atoms with E-state index in [0.29, 0.717) is 30.6 Å². The summed E-state index contributed by atoms with van der Waals surface area (Å²) in [5, 5.41) is 2.00. The van der Waals surface area contributed by atoms with Gasteiger partial charge in [-0.1, -0.05) is 61.2 Å². The van der Waals surface area contributed by atoms with E-state index in [4.69, 9.17) is 17.3 Å². The number of carbonyl (C=O) groups is 1. The molecule has 4 heteroatoms. The summed E-state index contributed by atoms with van der Waals surface area (Å²) in [5.41, 5.74) is 9.78. The first-order valence-electron chi connectivity index (χ1n) is 13.7. The van der Waals surface area contributed by atoms with Crippen molar-refractivity contribution in [2.24, 2.45) is 17.6 Å². The maximum Gasteiger partial charge on any atom is 0.134 e. The van der Waals surface area contributed by atoms with Crippen molar-refractivity contribution in [1.29, 1.82) is 0 Å². The minimum Gasteiger partial charge on any atom is -0.347 e. The molecule has 35 heavy (non-hydrogen) atoms. The fraction of sp³-hybridized carbons (Fsp3) is 0.516. The lowest BCUT2D eigenvalue weighted by Gasteiger charge is -2.26. The third-order valence-corrected chi connectivity index (χ3v) is 8.70. The number of ketones is 1. The molecule has 0 bridgehead atoms. The highest BCUT2D eigenvalue weighted by Gasteiger charge is 2.26. The molecule has 1 heterocycles. The Morgan fingerprint density at radius 2 is 1.71 bits per heavy atom. The quantitative estimate of drug-likeness (QED) is 0.349. The van der Waals surface area contributed by atoms with Crippen LogP contribution in [0.3, 0.4) is 0 Å². The number of rotatable bonds is 8. The van der Waals surface area contributed by atoms with Crippen molar-refractivity contribution in [3.63, 3.8) is 0 Å². The van der Waals surface area contributed by atoms with Crippen molar-refractivity contribution in [2.75, 3.05) is 0 Å². The average molecular weight is 491 g/mol. The zero-order valence-electron chi connectivity index (χ0n) is 20.8. The van der Waals surface area contributed by atoms with Gasteiger partial charge < -0.3 is 10.3 Å². The van der Waals surface area contributed by atoms with Gasteiger partial charge in [0, 0.05) is 53.5 Å². The molecule has 2 aliphatic rings. The van der Waals surface area contributed by atoms with Gasteiger partial charge >= 0.3 is 0 Å². The second-order valence-electron chi connectivity index (χ2n) is 11.1. The summed E-state index contributed by atoms with van der Waals surface area (Å²) < 4.78 is 2.46. The van der Waals surface area contributed by atoms with Gasteiger partial charge in [0.25, 0.3) is 0 Å². The lowest BCUT2D eigenvalue weighted by atomic mass is 9.80. The molecule has 3 aromatic rings. The van der Waals surface area contributed by atoms with Crippen LogP contribution in [0.4, 0.5) is 0 Å². The number of halogens is 1.